The Hall–Kier alpha value is -2.99. The fourth-order valence-electron chi connectivity index (χ4n) is 2.92. The van der Waals surface area contributed by atoms with Crippen molar-refractivity contribution in [2.45, 2.75) is 13.3 Å². The maximum atomic E-state index is 12.5. The summed E-state index contributed by atoms with van der Waals surface area (Å²) in [6, 6.07) is 8.17. The van der Waals surface area contributed by atoms with Crippen molar-refractivity contribution in [1.82, 2.24) is 9.88 Å². The molecule has 2 heterocycles. The lowest BCUT2D eigenvalue weighted by Crippen LogP contribution is -2.27. The highest BCUT2D eigenvalue weighted by atomic mass is 16.2. The molecule has 0 radical (unpaired) electrons. The van der Waals surface area contributed by atoms with Crippen LogP contribution in [0.15, 0.2) is 66.0 Å². The number of aromatic amines is 1. The molecule has 1 amide bonds. The molecule has 1 aromatic carbocycles. The summed E-state index contributed by atoms with van der Waals surface area (Å²) in [6.45, 7) is 6.55. The molecule has 0 unspecified atom stereocenters. The summed E-state index contributed by atoms with van der Waals surface area (Å²) in [7, 11) is 0. The van der Waals surface area contributed by atoms with Crippen molar-refractivity contribution in [2.24, 2.45) is 0 Å². The Morgan fingerprint density at radius 2 is 2.17 bits per heavy atom. The van der Waals surface area contributed by atoms with Gasteiger partial charge < -0.3 is 9.88 Å². The van der Waals surface area contributed by atoms with Gasteiger partial charge in [0, 0.05) is 34.9 Å². The standard InChI is InChI=1S/C20H18N2O/c1-4-5-8-17-14(2)15(3)22(20(17)23)12-11-16-13-21-19-10-7-6-9-18(16)19/h1,5-10,13,21H,3,11-12H2,2H3/b8-5-. The molecule has 0 aliphatic carbocycles. The zero-order valence-corrected chi connectivity index (χ0v) is 13.1. The first kappa shape index (κ1) is 14.9. The number of rotatable bonds is 4. The molecule has 1 aliphatic heterocycles. The zero-order chi connectivity index (χ0) is 16.4. The Bertz CT molecular complexity index is 890. The van der Waals surface area contributed by atoms with E-state index >= 15 is 0 Å². The van der Waals surface area contributed by atoms with Crippen LogP contribution in [-0.4, -0.2) is 22.3 Å². The summed E-state index contributed by atoms with van der Waals surface area (Å²) in [5.41, 5.74) is 4.59. The van der Waals surface area contributed by atoms with Crippen LogP contribution in [-0.2, 0) is 11.2 Å². The quantitative estimate of drug-likeness (QED) is 0.861. The number of aromatic nitrogens is 1. The van der Waals surface area contributed by atoms with Crippen molar-refractivity contribution in [2.75, 3.05) is 6.54 Å². The molecule has 1 N–H and O–H groups in total. The zero-order valence-electron chi connectivity index (χ0n) is 13.1. The fourth-order valence-corrected chi connectivity index (χ4v) is 2.92. The Labute approximate surface area is 136 Å². The van der Waals surface area contributed by atoms with Gasteiger partial charge in [0.25, 0.3) is 5.91 Å². The van der Waals surface area contributed by atoms with Gasteiger partial charge in [-0.25, -0.2) is 0 Å². The minimum absolute atomic E-state index is 0.0289. The van der Waals surface area contributed by atoms with Crippen LogP contribution in [0, 0.1) is 12.3 Å². The van der Waals surface area contributed by atoms with Crippen LogP contribution in [0.4, 0.5) is 0 Å². The molecule has 0 saturated heterocycles. The monoisotopic (exact) mass is 302 g/mol. The minimum atomic E-state index is -0.0289. The van der Waals surface area contributed by atoms with E-state index in [9.17, 15) is 4.79 Å². The summed E-state index contributed by atoms with van der Waals surface area (Å²) >= 11 is 0. The Balaban J connectivity index is 1.77. The molecular formula is C20H18N2O. The lowest BCUT2D eigenvalue weighted by atomic mass is 10.1. The molecule has 23 heavy (non-hydrogen) atoms. The molecular weight excluding hydrogens is 284 g/mol. The third-order valence-corrected chi connectivity index (χ3v) is 4.26. The molecule has 0 fully saturated rings. The Morgan fingerprint density at radius 1 is 1.39 bits per heavy atom. The van der Waals surface area contributed by atoms with Gasteiger partial charge in [0.15, 0.2) is 0 Å². The van der Waals surface area contributed by atoms with E-state index in [1.807, 2.05) is 31.3 Å². The number of nitrogens with one attached hydrogen (secondary N) is 1. The molecule has 3 heteroatoms. The molecule has 3 nitrogen and oxygen atoms in total. The first-order valence-electron chi connectivity index (χ1n) is 7.53. The lowest BCUT2D eigenvalue weighted by molar-refractivity contribution is -0.123. The summed E-state index contributed by atoms with van der Waals surface area (Å²) in [5, 5.41) is 1.20. The van der Waals surface area contributed by atoms with E-state index < -0.39 is 0 Å². The van der Waals surface area contributed by atoms with E-state index in [1.165, 1.54) is 10.9 Å². The van der Waals surface area contributed by atoms with Gasteiger partial charge in [0.05, 0.1) is 0 Å². The molecule has 1 aliphatic rings. The number of hydrogen-bond donors (Lipinski definition) is 1. The second-order valence-electron chi connectivity index (χ2n) is 5.55. The number of fused-ring (bicyclic) bond motifs is 1. The van der Waals surface area contributed by atoms with Crippen molar-refractivity contribution in [1.29, 1.82) is 0 Å². The highest BCUT2D eigenvalue weighted by Crippen LogP contribution is 2.29. The van der Waals surface area contributed by atoms with Gasteiger partial charge >= 0.3 is 0 Å². The van der Waals surface area contributed by atoms with Gasteiger partial charge in [-0.1, -0.05) is 30.7 Å². The van der Waals surface area contributed by atoms with Crippen LogP contribution in [0.5, 0.6) is 0 Å². The van der Waals surface area contributed by atoms with Crippen molar-refractivity contribution in [3.05, 3.63) is 71.6 Å². The van der Waals surface area contributed by atoms with Crippen molar-refractivity contribution >= 4 is 16.8 Å². The van der Waals surface area contributed by atoms with Crippen molar-refractivity contribution < 1.29 is 4.79 Å². The summed E-state index contributed by atoms with van der Waals surface area (Å²) in [6.07, 6.45) is 11.2. The number of benzene rings is 1. The predicted molar refractivity (Wildman–Crippen MR) is 93.5 cm³/mol. The number of para-hydroxylation sites is 1. The van der Waals surface area contributed by atoms with Gasteiger partial charge in [0.1, 0.15) is 0 Å². The minimum Gasteiger partial charge on any atom is -0.361 e. The van der Waals surface area contributed by atoms with E-state index in [0.717, 1.165) is 23.2 Å². The molecule has 0 saturated carbocycles. The summed E-state index contributed by atoms with van der Waals surface area (Å²) in [4.78, 5) is 17.5. The van der Waals surface area contributed by atoms with Crippen LogP contribution < -0.4 is 0 Å². The maximum absolute atomic E-state index is 12.5. The summed E-state index contributed by atoms with van der Waals surface area (Å²) < 4.78 is 0. The Morgan fingerprint density at radius 3 is 2.96 bits per heavy atom. The maximum Gasteiger partial charge on any atom is 0.258 e. The fraction of sp³-hybridized carbons (Fsp3) is 0.150. The van der Waals surface area contributed by atoms with Gasteiger partial charge in [-0.05, 0) is 42.7 Å². The highest BCUT2D eigenvalue weighted by Gasteiger charge is 2.29. The molecule has 2 aromatic rings. The molecule has 3 rings (SSSR count). The first-order valence-corrected chi connectivity index (χ1v) is 7.53. The largest absolute Gasteiger partial charge is 0.361 e. The van der Waals surface area contributed by atoms with Crippen molar-refractivity contribution in [3.8, 4) is 12.3 Å². The molecule has 0 spiro atoms. The Kier molecular flexibility index (Phi) is 3.91. The number of allylic oxidation sites excluding steroid dienone is 2. The van der Waals surface area contributed by atoms with E-state index in [4.69, 9.17) is 6.42 Å². The number of carbonyl (C=O) groups excluding carboxylic acids is 1. The second kappa shape index (κ2) is 6.02. The van der Waals surface area contributed by atoms with Crippen LogP contribution >= 0.6 is 0 Å². The van der Waals surface area contributed by atoms with Crippen LogP contribution in [0.2, 0.25) is 0 Å². The average Bonchev–Trinajstić information content (AvgIpc) is 3.06. The van der Waals surface area contributed by atoms with E-state index in [0.29, 0.717) is 12.1 Å². The lowest BCUT2D eigenvalue weighted by Gasteiger charge is -2.18. The van der Waals surface area contributed by atoms with Gasteiger partial charge in [-0.15, -0.1) is 6.42 Å². The normalized spacial score (nSPS) is 15.2. The second-order valence-corrected chi connectivity index (χ2v) is 5.55. The highest BCUT2D eigenvalue weighted by molar-refractivity contribution is 6.02. The summed E-state index contributed by atoms with van der Waals surface area (Å²) in [5.74, 6) is 2.39. The van der Waals surface area contributed by atoms with E-state index in [-0.39, 0.29) is 5.91 Å². The predicted octanol–water partition coefficient (Wildman–Crippen LogP) is 3.57. The number of nitrogens with zero attached hydrogens (tertiary/aromatic N) is 1. The molecule has 0 atom stereocenters. The third-order valence-electron chi connectivity index (χ3n) is 4.26. The SMILES string of the molecule is C#C/C=C\C1=C(C)C(=C)N(CCc2c[nH]c3ccccc23)C1=O. The number of carbonyl (C=O) groups is 1. The van der Waals surface area contributed by atoms with Crippen LogP contribution in [0.3, 0.4) is 0 Å². The molecule has 0 bridgehead atoms. The van der Waals surface area contributed by atoms with Gasteiger partial charge in [-0.3, -0.25) is 4.79 Å². The van der Waals surface area contributed by atoms with E-state index in [1.54, 1.807) is 17.1 Å². The number of H-pyrrole nitrogens is 1. The van der Waals surface area contributed by atoms with E-state index in [2.05, 4.69) is 23.5 Å². The number of terminal acetylenes is 1. The molecule has 114 valence electrons. The molecule has 1 aromatic heterocycles. The van der Waals surface area contributed by atoms with Crippen molar-refractivity contribution in [3.63, 3.8) is 0 Å². The van der Waals surface area contributed by atoms with Gasteiger partial charge in [0.2, 0.25) is 0 Å². The van der Waals surface area contributed by atoms with Crippen LogP contribution in [0.1, 0.15) is 12.5 Å². The van der Waals surface area contributed by atoms with Crippen LogP contribution in [0.25, 0.3) is 10.9 Å². The topological polar surface area (TPSA) is 36.1 Å². The smallest absolute Gasteiger partial charge is 0.258 e. The average molecular weight is 302 g/mol. The number of hydrogen-bond acceptors (Lipinski definition) is 1. The number of amides is 1. The third kappa shape index (κ3) is 2.60. The van der Waals surface area contributed by atoms with Gasteiger partial charge in [-0.2, -0.15) is 0 Å². The first-order chi connectivity index (χ1) is 11.1.